The fourth-order valence-electron chi connectivity index (χ4n) is 3.93. The molecule has 1 N–H and O–H groups in total. The number of carbonyl (C=O) groups is 1. The topological polar surface area (TPSA) is 32.3 Å². The zero-order valence-electron chi connectivity index (χ0n) is 15.2. The van der Waals surface area contributed by atoms with Gasteiger partial charge in [0.2, 0.25) is 5.91 Å². The zero-order valence-corrected chi connectivity index (χ0v) is 15.2. The summed E-state index contributed by atoms with van der Waals surface area (Å²) in [6, 6.07) is 18.5. The number of nitrogens with one attached hydrogen (secondary N) is 1. The normalized spacial score (nSPS) is 21.0. The number of para-hydroxylation sites is 1. The van der Waals surface area contributed by atoms with Gasteiger partial charge in [-0.3, -0.25) is 9.69 Å². The number of hydrogen-bond donors (Lipinski definition) is 1. The summed E-state index contributed by atoms with van der Waals surface area (Å²) in [6.07, 6.45) is 2.09. The maximum atomic E-state index is 12.5. The molecule has 0 radical (unpaired) electrons. The van der Waals surface area contributed by atoms with Crippen LogP contribution in [-0.4, -0.2) is 30.4 Å². The molecule has 0 saturated carbocycles. The minimum Gasteiger partial charge on any atom is -0.325 e. The molecule has 1 fully saturated rings. The first-order valence-corrected chi connectivity index (χ1v) is 9.24. The standard InChI is InChI=1S/C22H28N2O/c1-17-12-18(2)15-24(14-17)16-22(25)23-21-11-7-6-10-20(21)13-19-8-4-3-5-9-19/h3-11,17-18H,12-16H2,1-2H3,(H,23,25)/t17-,18+. The molecule has 0 spiro atoms. The Balaban J connectivity index is 1.63. The van der Waals surface area contributed by atoms with Crippen LogP contribution in [0.3, 0.4) is 0 Å². The first-order chi connectivity index (χ1) is 12.1. The zero-order chi connectivity index (χ0) is 17.6. The summed E-state index contributed by atoms with van der Waals surface area (Å²) in [5.41, 5.74) is 3.33. The predicted octanol–water partition coefficient (Wildman–Crippen LogP) is 4.19. The van der Waals surface area contributed by atoms with Crippen molar-refractivity contribution in [3.63, 3.8) is 0 Å². The number of nitrogens with zero attached hydrogens (tertiary/aromatic N) is 1. The highest BCUT2D eigenvalue weighted by Gasteiger charge is 2.23. The van der Waals surface area contributed by atoms with Gasteiger partial charge in [0, 0.05) is 18.8 Å². The van der Waals surface area contributed by atoms with Crippen molar-refractivity contribution in [3.05, 3.63) is 65.7 Å². The lowest BCUT2D eigenvalue weighted by molar-refractivity contribution is -0.117. The number of anilines is 1. The molecule has 2 aromatic carbocycles. The van der Waals surface area contributed by atoms with Crippen molar-refractivity contribution in [2.24, 2.45) is 11.8 Å². The Morgan fingerprint density at radius 1 is 1.00 bits per heavy atom. The molecule has 132 valence electrons. The molecule has 0 bridgehead atoms. The van der Waals surface area contributed by atoms with E-state index in [9.17, 15) is 4.79 Å². The second-order valence-corrected chi connectivity index (χ2v) is 7.51. The molecule has 3 heteroatoms. The quantitative estimate of drug-likeness (QED) is 0.888. The van der Waals surface area contributed by atoms with Crippen LogP contribution in [0.4, 0.5) is 5.69 Å². The maximum Gasteiger partial charge on any atom is 0.238 e. The van der Waals surface area contributed by atoms with Gasteiger partial charge in [0.1, 0.15) is 0 Å². The van der Waals surface area contributed by atoms with Gasteiger partial charge < -0.3 is 5.32 Å². The summed E-state index contributed by atoms with van der Waals surface area (Å²) in [4.78, 5) is 14.8. The van der Waals surface area contributed by atoms with E-state index in [4.69, 9.17) is 0 Å². The summed E-state index contributed by atoms with van der Waals surface area (Å²) >= 11 is 0. The molecule has 0 aromatic heterocycles. The average Bonchev–Trinajstić information content (AvgIpc) is 2.56. The fraction of sp³-hybridized carbons (Fsp3) is 0.409. The van der Waals surface area contributed by atoms with E-state index in [0.29, 0.717) is 18.4 Å². The van der Waals surface area contributed by atoms with Crippen molar-refractivity contribution in [1.82, 2.24) is 4.90 Å². The van der Waals surface area contributed by atoms with E-state index in [0.717, 1.165) is 30.8 Å². The van der Waals surface area contributed by atoms with Crippen LogP contribution < -0.4 is 5.32 Å². The molecule has 0 unspecified atom stereocenters. The van der Waals surface area contributed by atoms with E-state index in [1.807, 2.05) is 24.3 Å². The van der Waals surface area contributed by atoms with Crippen LogP contribution in [0.2, 0.25) is 0 Å². The van der Waals surface area contributed by atoms with Crippen molar-refractivity contribution in [2.45, 2.75) is 26.7 Å². The minimum absolute atomic E-state index is 0.0850. The SMILES string of the molecule is C[C@@H]1C[C@H](C)CN(CC(=O)Nc2ccccc2Cc2ccccc2)C1. The highest BCUT2D eigenvalue weighted by atomic mass is 16.2. The van der Waals surface area contributed by atoms with Gasteiger partial charge in [-0.1, -0.05) is 62.4 Å². The molecule has 1 aliphatic rings. The number of carbonyl (C=O) groups excluding carboxylic acids is 1. The molecular formula is C22H28N2O. The highest BCUT2D eigenvalue weighted by Crippen LogP contribution is 2.22. The van der Waals surface area contributed by atoms with E-state index >= 15 is 0 Å². The molecule has 2 atom stereocenters. The molecule has 0 aliphatic carbocycles. The van der Waals surface area contributed by atoms with Crippen LogP contribution in [-0.2, 0) is 11.2 Å². The molecule has 1 saturated heterocycles. The Bertz CT molecular complexity index is 688. The van der Waals surface area contributed by atoms with Crippen molar-refractivity contribution in [1.29, 1.82) is 0 Å². The van der Waals surface area contributed by atoms with Crippen LogP contribution in [0, 0.1) is 11.8 Å². The first kappa shape index (κ1) is 17.7. The average molecular weight is 336 g/mol. The van der Waals surface area contributed by atoms with Gasteiger partial charge in [-0.2, -0.15) is 0 Å². The van der Waals surface area contributed by atoms with Crippen molar-refractivity contribution >= 4 is 11.6 Å². The van der Waals surface area contributed by atoms with Gasteiger partial charge in [0.25, 0.3) is 0 Å². The Morgan fingerprint density at radius 2 is 1.64 bits per heavy atom. The van der Waals surface area contributed by atoms with Gasteiger partial charge in [0.15, 0.2) is 0 Å². The lowest BCUT2D eigenvalue weighted by atomic mass is 9.92. The third-order valence-corrected chi connectivity index (χ3v) is 4.84. The molecule has 1 amide bonds. The summed E-state index contributed by atoms with van der Waals surface area (Å²) in [6.45, 7) is 7.06. The number of amides is 1. The first-order valence-electron chi connectivity index (χ1n) is 9.24. The Hall–Kier alpha value is -2.13. The Kier molecular flexibility index (Phi) is 5.87. The van der Waals surface area contributed by atoms with Gasteiger partial charge >= 0.3 is 0 Å². The summed E-state index contributed by atoms with van der Waals surface area (Å²) in [7, 11) is 0. The predicted molar refractivity (Wildman–Crippen MR) is 104 cm³/mol. The molecule has 3 nitrogen and oxygen atoms in total. The van der Waals surface area contributed by atoms with Crippen LogP contribution in [0.5, 0.6) is 0 Å². The minimum atomic E-state index is 0.0850. The van der Waals surface area contributed by atoms with Crippen molar-refractivity contribution < 1.29 is 4.79 Å². The van der Waals surface area contributed by atoms with Gasteiger partial charge in [-0.15, -0.1) is 0 Å². The van der Waals surface area contributed by atoms with E-state index in [1.165, 1.54) is 12.0 Å². The van der Waals surface area contributed by atoms with Crippen LogP contribution in [0.1, 0.15) is 31.4 Å². The second-order valence-electron chi connectivity index (χ2n) is 7.51. The monoisotopic (exact) mass is 336 g/mol. The number of hydrogen-bond acceptors (Lipinski definition) is 2. The van der Waals surface area contributed by atoms with Gasteiger partial charge in [-0.25, -0.2) is 0 Å². The summed E-state index contributed by atoms with van der Waals surface area (Å²) < 4.78 is 0. The molecular weight excluding hydrogens is 308 g/mol. The van der Waals surface area contributed by atoms with Crippen molar-refractivity contribution in [2.75, 3.05) is 25.0 Å². The van der Waals surface area contributed by atoms with Gasteiger partial charge in [-0.05, 0) is 41.9 Å². The van der Waals surface area contributed by atoms with Crippen LogP contribution in [0.25, 0.3) is 0 Å². The van der Waals surface area contributed by atoms with Crippen LogP contribution in [0.15, 0.2) is 54.6 Å². The number of rotatable bonds is 5. The van der Waals surface area contributed by atoms with Gasteiger partial charge in [0.05, 0.1) is 6.54 Å². The highest BCUT2D eigenvalue weighted by molar-refractivity contribution is 5.93. The fourth-order valence-corrected chi connectivity index (χ4v) is 3.93. The Morgan fingerprint density at radius 3 is 2.36 bits per heavy atom. The smallest absolute Gasteiger partial charge is 0.238 e. The number of likely N-dealkylation sites (tertiary alicyclic amines) is 1. The summed E-state index contributed by atoms with van der Waals surface area (Å²) in [5, 5.41) is 3.13. The summed E-state index contributed by atoms with van der Waals surface area (Å²) in [5.74, 6) is 1.42. The molecule has 1 heterocycles. The van der Waals surface area contributed by atoms with E-state index in [1.54, 1.807) is 0 Å². The maximum absolute atomic E-state index is 12.5. The molecule has 2 aromatic rings. The molecule has 3 rings (SSSR count). The number of piperidine rings is 1. The third kappa shape index (κ3) is 5.17. The largest absolute Gasteiger partial charge is 0.325 e. The van der Waals surface area contributed by atoms with Crippen LogP contribution >= 0.6 is 0 Å². The van der Waals surface area contributed by atoms with E-state index in [2.05, 4.69) is 54.4 Å². The van der Waals surface area contributed by atoms with Crippen molar-refractivity contribution in [3.8, 4) is 0 Å². The number of benzene rings is 2. The Labute approximate surface area is 151 Å². The second kappa shape index (κ2) is 8.30. The lowest BCUT2D eigenvalue weighted by Crippen LogP contribution is -2.42. The van der Waals surface area contributed by atoms with E-state index in [-0.39, 0.29) is 5.91 Å². The van der Waals surface area contributed by atoms with E-state index < -0.39 is 0 Å². The molecule has 25 heavy (non-hydrogen) atoms. The lowest BCUT2D eigenvalue weighted by Gasteiger charge is -2.34. The molecule has 1 aliphatic heterocycles. The third-order valence-electron chi connectivity index (χ3n) is 4.84.